The maximum absolute atomic E-state index is 3.72. The Morgan fingerprint density at radius 1 is 0.962 bits per heavy atom. The highest BCUT2D eigenvalue weighted by Gasteiger charge is 2.47. The van der Waals surface area contributed by atoms with Gasteiger partial charge in [0, 0.05) is 0 Å². The number of hydrogen-bond acceptors (Lipinski definition) is 0. The van der Waals surface area contributed by atoms with E-state index in [4.69, 9.17) is 0 Å². The van der Waals surface area contributed by atoms with E-state index in [2.05, 4.69) is 51.7 Å². The highest BCUT2D eigenvalue weighted by atomic mass is 14.5. The van der Waals surface area contributed by atoms with Gasteiger partial charge in [-0.05, 0) is 80.8 Å². The summed E-state index contributed by atoms with van der Waals surface area (Å²) in [5.74, 6) is 4.74. The fourth-order valence-corrected chi connectivity index (χ4v) is 4.50. The minimum atomic E-state index is 1.09. The SMILES string of the molecule is C1CCC(CC2CC[C@H]3CC23)C1.C=C\C(C)=C(C)/C=C/C=C/CC.CC. The summed E-state index contributed by atoms with van der Waals surface area (Å²) in [7, 11) is 0. The maximum Gasteiger partial charge on any atom is -0.0354 e. The standard InChI is InChI=1S/C12H20.C12H18.C2H6/c1-2-4-9(3-1)7-10-5-6-11-8-12(10)11;1-5-7-8-9-10-12(4)11(3)6-2;1-2/h9-12H,1-8H2;6-10H,2,5H2,1,3-4H3;1-2H3/b;8-7+,10-9+,12-11-;/t10?,11-,12?;;/m0../s1. The number of hydrogen-bond donors (Lipinski definition) is 0. The summed E-state index contributed by atoms with van der Waals surface area (Å²) in [5.41, 5.74) is 2.50. The quantitative estimate of drug-likeness (QED) is 0.417. The van der Waals surface area contributed by atoms with E-state index < -0.39 is 0 Å². The lowest BCUT2D eigenvalue weighted by atomic mass is 9.90. The molecular formula is C26H44. The Morgan fingerprint density at radius 3 is 2.15 bits per heavy atom. The van der Waals surface area contributed by atoms with Gasteiger partial charge in [0.15, 0.2) is 0 Å². The second-order valence-electron chi connectivity index (χ2n) is 8.15. The molecule has 0 aromatic heterocycles. The molecule has 0 saturated heterocycles. The Bertz CT molecular complexity index is 470. The largest absolute Gasteiger partial charge is 0.0988 e. The zero-order valence-corrected chi connectivity index (χ0v) is 18.3. The molecule has 0 bridgehead atoms. The van der Waals surface area contributed by atoms with E-state index in [0.717, 1.165) is 12.3 Å². The first-order chi connectivity index (χ1) is 12.7. The van der Waals surface area contributed by atoms with Gasteiger partial charge in [-0.25, -0.2) is 0 Å². The Hall–Kier alpha value is -1.04. The number of allylic oxidation sites excluding steroid dienone is 7. The molecule has 0 N–H and O–H groups in total. The van der Waals surface area contributed by atoms with Gasteiger partial charge in [0.2, 0.25) is 0 Å². The van der Waals surface area contributed by atoms with Gasteiger partial charge < -0.3 is 0 Å². The molecule has 3 saturated carbocycles. The van der Waals surface area contributed by atoms with Crippen molar-refractivity contribution >= 4 is 0 Å². The molecule has 3 aliphatic carbocycles. The van der Waals surface area contributed by atoms with Crippen molar-refractivity contribution in [3.05, 3.63) is 48.1 Å². The minimum Gasteiger partial charge on any atom is -0.0988 e. The van der Waals surface area contributed by atoms with Gasteiger partial charge in [0.25, 0.3) is 0 Å². The Morgan fingerprint density at radius 2 is 1.65 bits per heavy atom. The van der Waals surface area contributed by atoms with Crippen LogP contribution in [0.1, 0.15) is 92.4 Å². The first kappa shape index (κ1) is 23.0. The van der Waals surface area contributed by atoms with Crippen molar-refractivity contribution in [2.24, 2.45) is 23.7 Å². The van der Waals surface area contributed by atoms with Gasteiger partial charge in [-0.2, -0.15) is 0 Å². The molecule has 3 rings (SSSR count). The van der Waals surface area contributed by atoms with Gasteiger partial charge in [-0.1, -0.05) is 83.4 Å². The molecule has 0 heteroatoms. The molecule has 2 unspecified atom stereocenters. The Balaban J connectivity index is 0.000000238. The van der Waals surface area contributed by atoms with Gasteiger partial charge in [-0.3, -0.25) is 0 Å². The Kier molecular flexibility index (Phi) is 11.7. The topological polar surface area (TPSA) is 0 Å². The van der Waals surface area contributed by atoms with E-state index in [-0.39, 0.29) is 0 Å². The summed E-state index contributed by atoms with van der Waals surface area (Å²) >= 11 is 0. The molecule has 3 fully saturated rings. The van der Waals surface area contributed by atoms with Crippen LogP contribution in [0.5, 0.6) is 0 Å². The summed E-state index contributed by atoms with van der Waals surface area (Å²) < 4.78 is 0. The van der Waals surface area contributed by atoms with E-state index in [1.807, 2.05) is 19.9 Å². The van der Waals surface area contributed by atoms with Gasteiger partial charge in [0.1, 0.15) is 0 Å². The van der Waals surface area contributed by atoms with Crippen LogP contribution in [0.4, 0.5) is 0 Å². The fraction of sp³-hybridized carbons (Fsp3) is 0.692. The smallest absolute Gasteiger partial charge is 0.0354 e. The van der Waals surface area contributed by atoms with E-state index in [1.54, 1.807) is 38.5 Å². The molecule has 0 aromatic rings. The van der Waals surface area contributed by atoms with E-state index in [1.165, 1.54) is 41.7 Å². The van der Waals surface area contributed by atoms with Gasteiger partial charge in [0.05, 0.1) is 0 Å². The lowest BCUT2D eigenvalue weighted by Gasteiger charge is -2.16. The van der Waals surface area contributed by atoms with Crippen molar-refractivity contribution in [1.29, 1.82) is 0 Å². The summed E-state index contributed by atoms with van der Waals surface area (Å²) in [4.78, 5) is 0. The van der Waals surface area contributed by atoms with Crippen LogP contribution in [-0.4, -0.2) is 0 Å². The van der Waals surface area contributed by atoms with Crippen LogP contribution in [0.2, 0.25) is 0 Å². The third-order valence-corrected chi connectivity index (χ3v) is 6.36. The third kappa shape index (κ3) is 8.11. The first-order valence-electron chi connectivity index (χ1n) is 11.3. The zero-order valence-electron chi connectivity index (χ0n) is 18.3. The molecule has 0 spiro atoms. The molecule has 0 radical (unpaired) electrons. The minimum absolute atomic E-state index is 1.09. The molecular weight excluding hydrogens is 312 g/mol. The van der Waals surface area contributed by atoms with Crippen molar-refractivity contribution in [3.8, 4) is 0 Å². The van der Waals surface area contributed by atoms with E-state index >= 15 is 0 Å². The third-order valence-electron chi connectivity index (χ3n) is 6.36. The highest BCUT2D eigenvalue weighted by molar-refractivity contribution is 5.30. The fourth-order valence-electron chi connectivity index (χ4n) is 4.50. The average Bonchev–Trinajstić information content (AvgIpc) is 3.08. The van der Waals surface area contributed by atoms with Crippen molar-refractivity contribution in [3.63, 3.8) is 0 Å². The molecule has 3 atom stereocenters. The van der Waals surface area contributed by atoms with Crippen LogP contribution in [0.25, 0.3) is 0 Å². The highest BCUT2D eigenvalue weighted by Crippen LogP contribution is 2.57. The van der Waals surface area contributed by atoms with Crippen LogP contribution in [0.15, 0.2) is 48.1 Å². The van der Waals surface area contributed by atoms with Crippen LogP contribution in [0.3, 0.4) is 0 Å². The summed E-state index contributed by atoms with van der Waals surface area (Å²) in [6, 6.07) is 0. The van der Waals surface area contributed by atoms with Crippen molar-refractivity contribution in [2.45, 2.75) is 92.4 Å². The number of rotatable bonds is 6. The average molecular weight is 357 g/mol. The number of fused-ring (bicyclic) bond motifs is 1. The van der Waals surface area contributed by atoms with E-state index in [0.29, 0.717) is 0 Å². The predicted molar refractivity (Wildman–Crippen MR) is 119 cm³/mol. The molecule has 0 aliphatic heterocycles. The summed E-state index contributed by atoms with van der Waals surface area (Å²) in [6.45, 7) is 14.0. The van der Waals surface area contributed by atoms with Crippen molar-refractivity contribution in [1.82, 2.24) is 0 Å². The van der Waals surface area contributed by atoms with Crippen LogP contribution >= 0.6 is 0 Å². The molecule has 0 nitrogen and oxygen atoms in total. The summed E-state index contributed by atoms with van der Waals surface area (Å²) in [5, 5.41) is 0. The van der Waals surface area contributed by atoms with Crippen LogP contribution < -0.4 is 0 Å². The lowest BCUT2D eigenvalue weighted by Crippen LogP contribution is -2.05. The predicted octanol–water partition coefficient (Wildman–Crippen LogP) is 8.67. The van der Waals surface area contributed by atoms with Gasteiger partial charge in [-0.15, -0.1) is 0 Å². The van der Waals surface area contributed by atoms with E-state index in [9.17, 15) is 0 Å². The zero-order chi connectivity index (χ0) is 19.4. The Labute approximate surface area is 164 Å². The maximum atomic E-state index is 3.72. The van der Waals surface area contributed by atoms with Crippen LogP contribution in [-0.2, 0) is 0 Å². The lowest BCUT2D eigenvalue weighted by molar-refractivity contribution is 0.350. The monoisotopic (exact) mass is 356 g/mol. The molecule has 0 heterocycles. The second kappa shape index (κ2) is 13.2. The molecule has 0 amide bonds. The first-order valence-corrected chi connectivity index (χ1v) is 11.3. The molecule has 3 aliphatic rings. The normalized spacial score (nSPS) is 28.1. The molecule has 0 aromatic carbocycles. The van der Waals surface area contributed by atoms with Crippen molar-refractivity contribution in [2.75, 3.05) is 0 Å². The molecule has 148 valence electrons. The molecule has 26 heavy (non-hydrogen) atoms. The second-order valence-corrected chi connectivity index (χ2v) is 8.15. The summed E-state index contributed by atoms with van der Waals surface area (Å²) in [6.07, 6.45) is 23.9. The van der Waals surface area contributed by atoms with Crippen LogP contribution in [0, 0.1) is 23.7 Å². The van der Waals surface area contributed by atoms with Crippen molar-refractivity contribution < 1.29 is 0 Å². The van der Waals surface area contributed by atoms with Gasteiger partial charge >= 0.3 is 0 Å².